The molecule has 0 spiro atoms. The van der Waals surface area contributed by atoms with Crippen LogP contribution >= 0.6 is 23.1 Å². The van der Waals surface area contributed by atoms with Gasteiger partial charge in [0.2, 0.25) is 11.1 Å². The molecule has 9 nitrogen and oxygen atoms in total. The van der Waals surface area contributed by atoms with Crippen molar-refractivity contribution in [3.63, 3.8) is 0 Å². The molecular formula is C20H27N5O4S2. The number of amides is 1. The summed E-state index contributed by atoms with van der Waals surface area (Å²) >= 11 is 2.76. The molecule has 1 aliphatic heterocycles. The summed E-state index contributed by atoms with van der Waals surface area (Å²) in [7, 11) is 0. The number of aromatic nitrogens is 4. The molecule has 2 aliphatic rings. The van der Waals surface area contributed by atoms with Crippen molar-refractivity contribution in [2.75, 3.05) is 24.3 Å². The van der Waals surface area contributed by atoms with E-state index in [0.29, 0.717) is 34.8 Å². The van der Waals surface area contributed by atoms with Crippen molar-refractivity contribution in [1.82, 2.24) is 20.2 Å². The zero-order valence-corrected chi connectivity index (χ0v) is 19.4. The van der Waals surface area contributed by atoms with Gasteiger partial charge in [-0.3, -0.25) is 4.79 Å². The molecule has 4 rings (SSSR count). The molecule has 168 valence electrons. The Morgan fingerprint density at radius 1 is 1.39 bits per heavy atom. The van der Waals surface area contributed by atoms with Crippen molar-refractivity contribution in [3.8, 4) is 0 Å². The van der Waals surface area contributed by atoms with Crippen LogP contribution in [0.1, 0.15) is 53.9 Å². The van der Waals surface area contributed by atoms with Gasteiger partial charge in [-0.25, -0.2) is 9.48 Å². The standard InChI is InChI=1S/C20H27N5O4S2/c1-3-28-19(27)17-14-7-6-12(2)9-15(14)31-18(17)21-16(26)11-30-20-22-23-24-25(20)10-13-5-4-8-29-13/h12-13H,3-11H2,1-2H3,(H,21,26)/t12-,13+/m1/s1. The molecule has 0 radical (unpaired) electrons. The summed E-state index contributed by atoms with van der Waals surface area (Å²) < 4.78 is 12.6. The van der Waals surface area contributed by atoms with Gasteiger partial charge in [-0.15, -0.1) is 16.4 Å². The Kier molecular flexibility index (Phi) is 7.24. The van der Waals surface area contributed by atoms with Crippen LogP contribution in [0.4, 0.5) is 5.00 Å². The SMILES string of the molecule is CCOC(=O)c1c(NC(=O)CSc2nnnn2C[C@@H]2CCCO2)sc2c1CC[C@@H](C)C2. The van der Waals surface area contributed by atoms with Gasteiger partial charge in [0.25, 0.3) is 0 Å². The number of fused-ring (bicyclic) bond motifs is 1. The third-order valence-corrected chi connectivity index (χ3v) is 7.60. The molecule has 0 saturated carbocycles. The van der Waals surface area contributed by atoms with Crippen molar-refractivity contribution in [3.05, 3.63) is 16.0 Å². The first-order valence-corrected chi connectivity index (χ1v) is 12.5. The highest BCUT2D eigenvalue weighted by Crippen LogP contribution is 2.40. The highest BCUT2D eigenvalue weighted by Gasteiger charge is 2.29. The molecule has 2 atom stereocenters. The number of hydrogen-bond acceptors (Lipinski definition) is 9. The summed E-state index contributed by atoms with van der Waals surface area (Å²) in [5, 5.41) is 15.9. The second-order valence-electron chi connectivity index (χ2n) is 7.89. The zero-order valence-electron chi connectivity index (χ0n) is 17.8. The van der Waals surface area contributed by atoms with E-state index in [1.807, 2.05) is 0 Å². The first-order chi connectivity index (χ1) is 15.0. The average Bonchev–Trinajstić information content (AvgIpc) is 3.47. The van der Waals surface area contributed by atoms with E-state index >= 15 is 0 Å². The maximum Gasteiger partial charge on any atom is 0.341 e. The number of nitrogens with zero attached hydrogens (tertiary/aromatic N) is 4. The van der Waals surface area contributed by atoms with Crippen LogP contribution in [-0.2, 0) is 33.7 Å². The van der Waals surface area contributed by atoms with E-state index < -0.39 is 0 Å². The molecule has 2 aromatic rings. The van der Waals surface area contributed by atoms with E-state index in [1.165, 1.54) is 28.0 Å². The van der Waals surface area contributed by atoms with Crippen LogP contribution in [0.5, 0.6) is 0 Å². The number of anilines is 1. The lowest BCUT2D eigenvalue weighted by molar-refractivity contribution is -0.113. The molecular weight excluding hydrogens is 438 g/mol. The monoisotopic (exact) mass is 465 g/mol. The smallest absolute Gasteiger partial charge is 0.341 e. The van der Waals surface area contributed by atoms with Gasteiger partial charge in [-0.1, -0.05) is 18.7 Å². The van der Waals surface area contributed by atoms with E-state index in [9.17, 15) is 9.59 Å². The Morgan fingerprint density at radius 3 is 3.03 bits per heavy atom. The molecule has 11 heteroatoms. The Labute approximate surface area is 189 Å². The number of hydrogen-bond donors (Lipinski definition) is 1. The molecule has 1 amide bonds. The lowest BCUT2D eigenvalue weighted by Gasteiger charge is -2.18. The summed E-state index contributed by atoms with van der Waals surface area (Å²) in [5.41, 5.74) is 1.56. The summed E-state index contributed by atoms with van der Waals surface area (Å²) in [4.78, 5) is 26.5. The molecule has 3 heterocycles. The highest BCUT2D eigenvalue weighted by atomic mass is 32.2. The zero-order chi connectivity index (χ0) is 21.8. The number of carbonyl (C=O) groups is 2. The third kappa shape index (κ3) is 5.27. The topological polar surface area (TPSA) is 108 Å². The number of carbonyl (C=O) groups excluding carboxylic acids is 2. The van der Waals surface area contributed by atoms with E-state index in [4.69, 9.17) is 9.47 Å². The lowest BCUT2D eigenvalue weighted by atomic mass is 9.88. The van der Waals surface area contributed by atoms with Crippen LogP contribution in [-0.4, -0.2) is 57.2 Å². The number of esters is 1. The second-order valence-corrected chi connectivity index (χ2v) is 9.94. The van der Waals surface area contributed by atoms with Gasteiger partial charge in [0.1, 0.15) is 5.00 Å². The van der Waals surface area contributed by atoms with Gasteiger partial charge in [-0.05, 0) is 60.9 Å². The van der Waals surface area contributed by atoms with Crippen molar-refractivity contribution in [2.45, 2.75) is 63.8 Å². The molecule has 0 unspecified atom stereocenters. The molecule has 0 bridgehead atoms. The van der Waals surface area contributed by atoms with Crippen LogP contribution in [0.2, 0.25) is 0 Å². The lowest BCUT2D eigenvalue weighted by Crippen LogP contribution is -2.19. The number of tetrazole rings is 1. The predicted octanol–water partition coefficient (Wildman–Crippen LogP) is 2.95. The van der Waals surface area contributed by atoms with E-state index in [0.717, 1.165) is 44.3 Å². The fourth-order valence-corrected chi connectivity index (χ4v) is 6.05. The molecule has 2 aromatic heterocycles. The van der Waals surface area contributed by atoms with Crippen LogP contribution in [0.25, 0.3) is 0 Å². The van der Waals surface area contributed by atoms with Crippen molar-refractivity contribution in [2.24, 2.45) is 5.92 Å². The highest BCUT2D eigenvalue weighted by molar-refractivity contribution is 7.99. The Bertz CT molecular complexity index is 938. The second kappa shape index (κ2) is 10.1. The van der Waals surface area contributed by atoms with Crippen LogP contribution in [0.15, 0.2) is 5.16 Å². The molecule has 1 saturated heterocycles. The van der Waals surface area contributed by atoms with Gasteiger partial charge in [0.15, 0.2) is 0 Å². The van der Waals surface area contributed by atoms with Crippen LogP contribution in [0.3, 0.4) is 0 Å². The minimum absolute atomic E-state index is 0.114. The summed E-state index contributed by atoms with van der Waals surface area (Å²) in [6, 6.07) is 0. The molecule has 1 N–H and O–H groups in total. The van der Waals surface area contributed by atoms with Gasteiger partial charge in [-0.2, -0.15) is 0 Å². The number of rotatable bonds is 8. The van der Waals surface area contributed by atoms with Crippen molar-refractivity contribution in [1.29, 1.82) is 0 Å². The predicted molar refractivity (Wildman–Crippen MR) is 118 cm³/mol. The largest absolute Gasteiger partial charge is 0.462 e. The third-order valence-electron chi connectivity index (χ3n) is 5.48. The molecule has 1 aliphatic carbocycles. The van der Waals surface area contributed by atoms with Gasteiger partial charge in [0.05, 0.1) is 30.6 Å². The maximum atomic E-state index is 12.7. The Morgan fingerprint density at radius 2 is 2.26 bits per heavy atom. The number of thiophene rings is 1. The first kappa shape index (κ1) is 22.2. The molecule has 31 heavy (non-hydrogen) atoms. The molecule has 1 fully saturated rings. The van der Waals surface area contributed by atoms with Crippen LogP contribution < -0.4 is 5.32 Å². The van der Waals surface area contributed by atoms with Gasteiger partial charge >= 0.3 is 5.97 Å². The Balaban J connectivity index is 1.42. The summed E-state index contributed by atoms with van der Waals surface area (Å²) in [6.07, 6.45) is 4.95. The van der Waals surface area contributed by atoms with E-state index in [2.05, 4.69) is 27.8 Å². The Hall–Kier alpha value is -1.98. The normalized spacial score (nSPS) is 20.5. The van der Waals surface area contributed by atoms with Gasteiger partial charge in [0, 0.05) is 11.5 Å². The number of ether oxygens (including phenoxy) is 2. The first-order valence-electron chi connectivity index (χ1n) is 10.7. The van der Waals surface area contributed by atoms with E-state index in [-0.39, 0.29) is 23.7 Å². The quantitative estimate of drug-likeness (QED) is 0.468. The summed E-state index contributed by atoms with van der Waals surface area (Å²) in [6.45, 7) is 5.65. The van der Waals surface area contributed by atoms with Crippen LogP contribution in [0, 0.1) is 5.92 Å². The maximum absolute atomic E-state index is 12.7. The fraction of sp³-hybridized carbons (Fsp3) is 0.650. The summed E-state index contributed by atoms with van der Waals surface area (Å²) in [5.74, 6) is 0.155. The van der Waals surface area contributed by atoms with E-state index in [1.54, 1.807) is 11.6 Å². The average molecular weight is 466 g/mol. The minimum atomic E-state index is -0.363. The van der Waals surface area contributed by atoms with Crippen molar-refractivity contribution < 1.29 is 19.1 Å². The van der Waals surface area contributed by atoms with Gasteiger partial charge < -0.3 is 14.8 Å². The number of thioether (sulfide) groups is 1. The fourth-order valence-electron chi connectivity index (χ4n) is 3.95. The minimum Gasteiger partial charge on any atom is -0.462 e. The molecule has 0 aromatic carbocycles. The van der Waals surface area contributed by atoms with Crippen molar-refractivity contribution >= 4 is 40.0 Å². The number of nitrogens with one attached hydrogen (secondary N) is 1.